The molecule has 0 unspecified atom stereocenters. The van der Waals surface area contributed by atoms with Crippen LogP contribution in [0.3, 0.4) is 0 Å². The Morgan fingerprint density at radius 3 is 2.95 bits per heavy atom. The summed E-state index contributed by atoms with van der Waals surface area (Å²) in [6.45, 7) is 3.26. The Bertz CT molecular complexity index is 453. The van der Waals surface area contributed by atoms with E-state index in [9.17, 15) is 9.18 Å². The Balaban J connectivity index is 1.58. The Labute approximate surface area is 118 Å². The van der Waals surface area contributed by atoms with Crippen molar-refractivity contribution in [1.29, 1.82) is 0 Å². The summed E-state index contributed by atoms with van der Waals surface area (Å²) in [5.41, 5.74) is 0.754. The summed E-state index contributed by atoms with van der Waals surface area (Å²) in [5.74, 6) is -0.282. The van der Waals surface area contributed by atoms with Crippen molar-refractivity contribution in [1.82, 2.24) is 5.32 Å². The highest BCUT2D eigenvalue weighted by molar-refractivity contribution is 5.80. The molecule has 0 bridgehead atoms. The number of rotatable bonds is 6. The SMILES string of the molecule is C[C@@H]1CC[C@H](C(=O)NCCCNc2cccc(F)c2)O1. The van der Waals surface area contributed by atoms with Gasteiger partial charge in [0, 0.05) is 18.8 Å². The number of carbonyl (C=O) groups excluding carboxylic acids is 1. The van der Waals surface area contributed by atoms with Crippen LogP contribution in [0.2, 0.25) is 0 Å². The van der Waals surface area contributed by atoms with Crippen LogP contribution >= 0.6 is 0 Å². The minimum Gasteiger partial charge on any atom is -0.385 e. The highest BCUT2D eigenvalue weighted by Crippen LogP contribution is 2.18. The summed E-state index contributed by atoms with van der Waals surface area (Å²) < 4.78 is 18.4. The van der Waals surface area contributed by atoms with Gasteiger partial charge < -0.3 is 15.4 Å². The van der Waals surface area contributed by atoms with Gasteiger partial charge in [0.1, 0.15) is 11.9 Å². The molecule has 2 atom stereocenters. The smallest absolute Gasteiger partial charge is 0.249 e. The second-order valence-corrected chi connectivity index (χ2v) is 5.09. The zero-order chi connectivity index (χ0) is 14.4. The lowest BCUT2D eigenvalue weighted by Crippen LogP contribution is -2.35. The zero-order valence-corrected chi connectivity index (χ0v) is 11.7. The lowest BCUT2D eigenvalue weighted by Gasteiger charge is -2.12. The molecular weight excluding hydrogens is 259 g/mol. The molecule has 1 fully saturated rings. The normalized spacial score (nSPS) is 21.7. The molecule has 1 saturated heterocycles. The predicted molar refractivity (Wildman–Crippen MR) is 76.1 cm³/mol. The van der Waals surface area contributed by atoms with Gasteiger partial charge in [-0.1, -0.05) is 6.07 Å². The minimum absolute atomic E-state index is 0.0277. The molecule has 1 aliphatic rings. The average molecular weight is 280 g/mol. The highest BCUT2D eigenvalue weighted by Gasteiger charge is 2.27. The molecule has 1 heterocycles. The van der Waals surface area contributed by atoms with Crippen molar-refractivity contribution in [3.05, 3.63) is 30.1 Å². The van der Waals surface area contributed by atoms with Gasteiger partial charge in [-0.25, -0.2) is 4.39 Å². The predicted octanol–water partition coefficient (Wildman–Crippen LogP) is 2.31. The molecule has 20 heavy (non-hydrogen) atoms. The first-order chi connectivity index (χ1) is 9.65. The molecular formula is C15H21FN2O2. The fraction of sp³-hybridized carbons (Fsp3) is 0.533. The van der Waals surface area contributed by atoms with E-state index in [1.165, 1.54) is 12.1 Å². The quantitative estimate of drug-likeness (QED) is 0.786. The molecule has 0 spiro atoms. The number of benzene rings is 1. The molecule has 1 aromatic rings. The van der Waals surface area contributed by atoms with E-state index in [-0.39, 0.29) is 23.9 Å². The van der Waals surface area contributed by atoms with Crippen molar-refractivity contribution >= 4 is 11.6 Å². The van der Waals surface area contributed by atoms with Gasteiger partial charge in [0.25, 0.3) is 0 Å². The molecule has 2 rings (SSSR count). The third-order valence-corrected chi connectivity index (χ3v) is 3.33. The lowest BCUT2D eigenvalue weighted by molar-refractivity contribution is -0.131. The van der Waals surface area contributed by atoms with E-state index >= 15 is 0 Å². The van der Waals surface area contributed by atoms with Crippen LogP contribution in [0, 0.1) is 5.82 Å². The number of amides is 1. The topological polar surface area (TPSA) is 50.4 Å². The zero-order valence-electron chi connectivity index (χ0n) is 11.7. The second-order valence-electron chi connectivity index (χ2n) is 5.09. The van der Waals surface area contributed by atoms with E-state index in [1.807, 2.05) is 13.0 Å². The van der Waals surface area contributed by atoms with Gasteiger partial charge in [0.05, 0.1) is 6.10 Å². The van der Waals surface area contributed by atoms with Crippen molar-refractivity contribution in [2.24, 2.45) is 0 Å². The average Bonchev–Trinajstić information content (AvgIpc) is 2.85. The number of anilines is 1. The third kappa shape index (κ3) is 4.49. The summed E-state index contributed by atoms with van der Waals surface area (Å²) in [5, 5.41) is 5.98. The van der Waals surface area contributed by atoms with Crippen molar-refractivity contribution in [3.8, 4) is 0 Å². The van der Waals surface area contributed by atoms with Crippen LogP contribution in [0.15, 0.2) is 24.3 Å². The number of ether oxygens (including phenoxy) is 1. The van der Waals surface area contributed by atoms with Gasteiger partial charge >= 0.3 is 0 Å². The lowest BCUT2D eigenvalue weighted by atomic mass is 10.2. The Hall–Kier alpha value is -1.62. The van der Waals surface area contributed by atoms with Crippen LogP contribution in [0.25, 0.3) is 0 Å². The van der Waals surface area contributed by atoms with E-state index in [1.54, 1.807) is 6.07 Å². The van der Waals surface area contributed by atoms with E-state index in [0.717, 1.165) is 24.9 Å². The highest BCUT2D eigenvalue weighted by atomic mass is 19.1. The first-order valence-electron chi connectivity index (χ1n) is 7.08. The molecule has 0 aromatic heterocycles. The van der Waals surface area contributed by atoms with Crippen LogP contribution in [0.4, 0.5) is 10.1 Å². The molecule has 110 valence electrons. The van der Waals surface area contributed by atoms with Crippen LogP contribution in [-0.4, -0.2) is 31.2 Å². The maximum Gasteiger partial charge on any atom is 0.249 e. The van der Waals surface area contributed by atoms with Crippen molar-refractivity contribution < 1.29 is 13.9 Å². The molecule has 1 amide bonds. The summed E-state index contributed by atoms with van der Waals surface area (Å²) in [4.78, 5) is 11.8. The van der Waals surface area contributed by atoms with Crippen molar-refractivity contribution in [2.75, 3.05) is 18.4 Å². The molecule has 4 nitrogen and oxygen atoms in total. The largest absolute Gasteiger partial charge is 0.385 e. The number of nitrogens with one attached hydrogen (secondary N) is 2. The molecule has 2 N–H and O–H groups in total. The van der Waals surface area contributed by atoms with E-state index in [4.69, 9.17) is 4.74 Å². The molecule has 0 radical (unpaired) electrons. The van der Waals surface area contributed by atoms with Crippen LogP contribution < -0.4 is 10.6 Å². The Kier molecular flexibility index (Phi) is 5.35. The van der Waals surface area contributed by atoms with E-state index < -0.39 is 0 Å². The van der Waals surface area contributed by atoms with Gasteiger partial charge in [-0.05, 0) is 44.4 Å². The Morgan fingerprint density at radius 1 is 1.40 bits per heavy atom. The van der Waals surface area contributed by atoms with Crippen molar-refractivity contribution in [3.63, 3.8) is 0 Å². The summed E-state index contributed by atoms with van der Waals surface area (Å²) in [7, 11) is 0. The minimum atomic E-state index is -0.291. The monoisotopic (exact) mass is 280 g/mol. The van der Waals surface area contributed by atoms with Gasteiger partial charge in [-0.3, -0.25) is 4.79 Å². The number of hydrogen-bond donors (Lipinski definition) is 2. The van der Waals surface area contributed by atoms with E-state index in [0.29, 0.717) is 13.1 Å². The molecule has 1 aliphatic heterocycles. The summed E-state index contributed by atoms with van der Waals surface area (Å²) >= 11 is 0. The number of hydrogen-bond acceptors (Lipinski definition) is 3. The maximum atomic E-state index is 12.9. The maximum absolute atomic E-state index is 12.9. The molecule has 1 aromatic carbocycles. The van der Waals surface area contributed by atoms with Gasteiger partial charge in [0.15, 0.2) is 0 Å². The fourth-order valence-corrected chi connectivity index (χ4v) is 2.24. The second kappa shape index (κ2) is 7.24. The van der Waals surface area contributed by atoms with Gasteiger partial charge in [0.2, 0.25) is 5.91 Å². The van der Waals surface area contributed by atoms with Crippen LogP contribution in [0.1, 0.15) is 26.2 Å². The van der Waals surface area contributed by atoms with Gasteiger partial charge in [-0.15, -0.1) is 0 Å². The molecule has 0 saturated carbocycles. The van der Waals surface area contributed by atoms with Gasteiger partial charge in [-0.2, -0.15) is 0 Å². The Morgan fingerprint density at radius 2 is 2.25 bits per heavy atom. The molecule has 0 aliphatic carbocycles. The summed E-state index contributed by atoms with van der Waals surface area (Å²) in [6, 6.07) is 6.34. The van der Waals surface area contributed by atoms with Crippen LogP contribution in [0.5, 0.6) is 0 Å². The van der Waals surface area contributed by atoms with Crippen LogP contribution in [-0.2, 0) is 9.53 Å². The summed E-state index contributed by atoms with van der Waals surface area (Å²) in [6.07, 6.45) is 2.42. The third-order valence-electron chi connectivity index (χ3n) is 3.33. The number of carbonyl (C=O) groups is 1. The first kappa shape index (κ1) is 14.8. The molecule has 5 heteroatoms. The number of halogens is 1. The standard InChI is InChI=1S/C15H21FN2O2/c1-11-6-7-14(20-11)15(19)18-9-3-8-17-13-5-2-4-12(16)10-13/h2,4-5,10-11,14,17H,3,6-9H2,1H3,(H,18,19)/t11-,14-/m1/s1. The first-order valence-corrected chi connectivity index (χ1v) is 7.08. The van der Waals surface area contributed by atoms with Crippen molar-refractivity contribution in [2.45, 2.75) is 38.4 Å². The fourth-order valence-electron chi connectivity index (χ4n) is 2.24. The van der Waals surface area contributed by atoms with E-state index in [2.05, 4.69) is 10.6 Å².